The van der Waals surface area contributed by atoms with Crippen molar-refractivity contribution in [3.8, 4) is 0 Å². The minimum atomic E-state index is 0.943. The number of aryl methyl sites for hydroxylation is 1. The van der Waals surface area contributed by atoms with Gasteiger partial charge in [-0.05, 0) is 37.3 Å². The van der Waals surface area contributed by atoms with Gasteiger partial charge < -0.3 is 5.84 Å². The number of nitrogens with zero attached hydrogens (tertiary/aromatic N) is 1. The van der Waals surface area contributed by atoms with Gasteiger partial charge in [-0.3, -0.25) is 0 Å². The first kappa shape index (κ1) is 8.30. The van der Waals surface area contributed by atoms with E-state index >= 15 is 0 Å². The summed E-state index contributed by atoms with van der Waals surface area (Å²) in [5.41, 5.74) is 5.10. The van der Waals surface area contributed by atoms with Gasteiger partial charge in [0.1, 0.15) is 0 Å². The molecule has 0 saturated carbocycles. The Labute approximate surface area is 78.5 Å². The van der Waals surface area contributed by atoms with E-state index in [1.807, 2.05) is 6.92 Å². The predicted octanol–water partition coefficient (Wildman–Crippen LogP) is 1.86. The molecule has 1 aromatic rings. The summed E-state index contributed by atoms with van der Waals surface area (Å²) in [6.07, 6.45) is 3.66. The van der Waals surface area contributed by atoms with Crippen LogP contribution in [0, 0.1) is 0 Å². The van der Waals surface area contributed by atoms with Crippen LogP contribution in [-0.2, 0) is 12.8 Å². The van der Waals surface area contributed by atoms with Crippen molar-refractivity contribution in [3.63, 3.8) is 0 Å². The van der Waals surface area contributed by atoms with Crippen LogP contribution in [0.3, 0.4) is 0 Å². The van der Waals surface area contributed by atoms with Crippen molar-refractivity contribution >= 4 is 5.71 Å². The first-order valence-electron chi connectivity index (χ1n) is 4.68. The number of rotatable bonds is 1. The first-order valence-corrected chi connectivity index (χ1v) is 4.68. The third kappa shape index (κ3) is 1.32. The molecule has 2 heteroatoms. The number of benzene rings is 1. The molecule has 68 valence electrons. The molecule has 0 fully saturated rings. The molecule has 0 saturated heterocycles. The van der Waals surface area contributed by atoms with Gasteiger partial charge in [0.25, 0.3) is 0 Å². The highest BCUT2D eigenvalue weighted by molar-refractivity contribution is 6.00. The number of fused-ring (bicyclic) bond motifs is 1. The minimum absolute atomic E-state index is 0.943. The molecule has 2 rings (SSSR count). The summed E-state index contributed by atoms with van der Waals surface area (Å²) in [7, 11) is 0. The van der Waals surface area contributed by atoms with E-state index < -0.39 is 0 Å². The lowest BCUT2D eigenvalue weighted by Crippen LogP contribution is -2.03. The van der Waals surface area contributed by atoms with Crippen molar-refractivity contribution in [2.24, 2.45) is 10.9 Å². The molecule has 0 aliphatic heterocycles. The molecule has 1 aromatic carbocycles. The molecule has 2 N–H and O–H groups in total. The average molecular weight is 174 g/mol. The van der Waals surface area contributed by atoms with Gasteiger partial charge in [0.15, 0.2) is 0 Å². The summed E-state index contributed by atoms with van der Waals surface area (Å²) in [5, 5.41) is 3.75. The van der Waals surface area contributed by atoms with Crippen molar-refractivity contribution in [2.75, 3.05) is 0 Å². The van der Waals surface area contributed by atoms with Crippen LogP contribution in [0.2, 0.25) is 0 Å². The van der Waals surface area contributed by atoms with Gasteiger partial charge in [0.2, 0.25) is 0 Å². The second-order valence-corrected chi connectivity index (χ2v) is 3.51. The van der Waals surface area contributed by atoms with E-state index in [1.165, 1.54) is 36.0 Å². The normalized spacial score (nSPS) is 15.9. The van der Waals surface area contributed by atoms with Crippen LogP contribution in [0.4, 0.5) is 0 Å². The Balaban J connectivity index is 2.53. The van der Waals surface area contributed by atoms with E-state index in [1.54, 1.807) is 0 Å². The molecule has 0 aromatic heterocycles. The van der Waals surface area contributed by atoms with Crippen LogP contribution in [0.25, 0.3) is 0 Å². The lowest BCUT2D eigenvalue weighted by molar-refractivity contribution is 0.911. The Morgan fingerprint density at radius 2 is 2.23 bits per heavy atom. The lowest BCUT2D eigenvalue weighted by atomic mass is 10.0. The number of hydrazone groups is 1. The Hall–Kier alpha value is -1.31. The zero-order chi connectivity index (χ0) is 9.26. The fraction of sp³-hybridized carbons (Fsp3) is 0.364. The van der Waals surface area contributed by atoms with Crippen molar-refractivity contribution in [1.82, 2.24) is 0 Å². The van der Waals surface area contributed by atoms with Crippen LogP contribution < -0.4 is 5.84 Å². The molecule has 0 bridgehead atoms. The number of nitrogens with two attached hydrogens (primary N) is 1. The van der Waals surface area contributed by atoms with Gasteiger partial charge >= 0.3 is 0 Å². The summed E-state index contributed by atoms with van der Waals surface area (Å²) >= 11 is 0. The van der Waals surface area contributed by atoms with Crippen molar-refractivity contribution in [2.45, 2.75) is 26.2 Å². The molecule has 1 aliphatic carbocycles. The predicted molar refractivity (Wildman–Crippen MR) is 54.9 cm³/mol. The molecule has 0 unspecified atom stereocenters. The first-order chi connectivity index (χ1) is 6.33. The highest BCUT2D eigenvalue weighted by atomic mass is 15.1. The van der Waals surface area contributed by atoms with Gasteiger partial charge in [-0.2, -0.15) is 5.10 Å². The van der Waals surface area contributed by atoms with Crippen LogP contribution in [0.5, 0.6) is 0 Å². The molecular formula is C11H14N2. The third-order valence-electron chi connectivity index (χ3n) is 2.73. The maximum atomic E-state index is 5.29. The van der Waals surface area contributed by atoms with E-state index in [0.29, 0.717) is 0 Å². The molecule has 0 radical (unpaired) electrons. The molecule has 0 heterocycles. The fourth-order valence-electron chi connectivity index (χ4n) is 2.03. The largest absolute Gasteiger partial charge is 0.323 e. The fourth-order valence-corrected chi connectivity index (χ4v) is 2.03. The summed E-state index contributed by atoms with van der Waals surface area (Å²) in [6, 6.07) is 6.40. The second kappa shape index (κ2) is 3.21. The zero-order valence-corrected chi connectivity index (χ0v) is 7.88. The smallest absolute Gasteiger partial charge is 0.0644 e. The van der Waals surface area contributed by atoms with E-state index in [2.05, 4.69) is 23.3 Å². The van der Waals surface area contributed by atoms with E-state index in [4.69, 9.17) is 5.84 Å². The Bertz CT molecular complexity index is 353. The molecule has 0 atom stereocenters. The van der Waals surface area contributed by atoms with Crippen LogP contribution >= 0.6 is 0 Å². The quantitative estimate of drug-likeness (QED) is 0.394. The minimum Gasteiger partial charge on any atom is -0.323 e. The molecule has 0 spiro atoms. The van der Waals surface area contributed by atoms with Crippen LogP contribution in [0.15, 0.2) is 23.3 Å². The topological polar surface area (TPSA) is 38.4 Å². The molecule has 0 amide bonds. The standard InChI is InChI=1S/C11H14N2/c1-8(13-12)10-6-2-4-9-5-3-7-11(9)10/h2,4,6H,3,5,7,12H2,1H3. The van der Waals surface area contributed by atoms with E-state index in [0.717, 1.165) is 5.71 Å². The Morgan fingerprint density at radius 1 is 1.38 bits per heavy atom. The Kier molecular flexibility index (Phi) is 2.05. The van der Waals surface area contributed by atoms with Crippen LogP contribution in [-0.4, -0.2) is 5.71 Å². The third-order valence-corrected chi connectivity index (χ3v) is 2.73. The average Bonchev–Trinajstić information content (AvgIpc) is 2.63. The summed E-state index contributed by atoms with van der Waals surface area (Å²) in [5.74, 6) is 5.29. The monoisotopic (exact) mass is 174 g/mol. The summed E-state index contributed by atoms with van der Waals surface area (Å²) in [4.78, 5) is 0. The van der Waals surface area contributed by atoms with E-state index in [-0.39, 0.29) is 0 Å². The zero-order valence-electron chi connectivity index (χ0n) is 7.88. The van der Waals surface area contributed by atoms with Gasteiger partial charge in [0, 0.05) is 5.56 Å². The number of hydrogen-bond donors (Lipinski definition) is 1. The van der Waals surface area contributed by atoms with Gasteiger partial charge in [-0.25, -0.2) is 0 Å². The summed E-state index contributed by atoms with van der Waals surface area (Å²) in [6.45, 7) is 1.97. The maximum absolute atomic E-state index is 5.29. The molecular weight excluding hydrogens is 160 g/mol. The molecule has 2 nitrogen and oxygen atoms in total. The maximum Gasteiger partial charge on any atom is 0.0644 e. The van der Waals surface area contributed by atoms with Gasteiger partial charge in [-0.1, -0.05) is 18.2 Å². The van der Waals surface area contributed by atoms with Crippen molar-refractivity contribution < 1.29 is 0 Å². The number of hydrogen-bond acceptors (Lipinski definition) is 2. The molecule has 13 heavy (non-hydrogen) atoms. The highest BCUT2D eigenvalue weighted by Gasteiger charge is 2.15. The lowest BCUT2D eigenvalue weighted by Gasteiger charge is -2.06. The highest BCUT2D eigenvalue weighted by Crippen LogP contribution is 2.25. The molecule has 1 aliphatic rings. The second-order valence-electron chi connectivity index (χ2n) is 3.51. The van der Waals surface area contributed by atoms with Gasteiger partial charge in [-0.15, -0.1) is 0 Å². The van der Waals surface area contributed by atoms with Gasteiger partial charge in [0.05, 0.1) is 5.71 Å². The van der Waals surface area contributed by atoms with Crippen molar-refractivity contribution in [1.29, 1.82) is 0 Å². The Morgan fingerprint density at radius 3 is 3.00 bits per heavy atom. The van der Waals surface area contributed by atoms with E-state index in [9.17, 15) is 0 Å². The van der Waals surface area contributed by atoms with Crippen LogP contribution in [0.1, 0.15) is 30.0 Å². The van der Waals surface area contributed by atoms with Crippen molar-refractivity contribution in [3.05, 3.63) is 34.9 Å². The SMILES string of the molecule is CC(=NN)c1cccc2c1CCC2. The summed E-state index contributed by atoms with van der Waals surface area (Å²) < 4.78 is 0.